The fourth-order valence-electron chi connectivity index (χ4n) is 1.00. The van der Waals surface area contributed by atoms with E-state index < -0.39 is 10.7 Å². The first kappa shape index (κ1) is 10.8. The number of benzene rings is 1. The molecule has 0 saturated heterocycles. The molecule has 0 atom stereocenters. The van der Waals surface area contributed by atoms with Gasteiger partial charge in [-0.05, 0) is 12.1 Å². The second kappa shape index (κ2) is 4.30. The second-order valence-electron chi connectivity index (χ2n) is 2.55. The molecular weight excluding hydrogens is 252 g/mol. The molecule has 1 aromatic carbocycles. The summed E-state index contributed by atoms with van der Waals surface area (Å²) in [4.78, 5) is 21.2. The van der Waals surface area contributed by atoms with Crippen molar-refractivity contribution in [3.05, 3.63) is 38.3 Å². The maximum Gasteiger partial charge on any atom is 0.280 e. The Morgan fingerprint density at radius 2 is 2.21 bits per heavy atom. The predicted molar refractivity (Wildman–Crippen MR) is 54.2 cm³/mol. The van der Waals surface area contributed by atoms with Crippen LogP contribution in [0.1, 0.15) is 10.4 Å². The van der Waals surface area contributed by atoms with Gasteiger partial charge in [0.2, 0.25) is 0 Å². The summed E-state index contributed by atoms with van der Waals surface area (Å²) in [6.07, 6.45) is 0. The molecule has 0 spiro atoms. The summed E-state index contributed by atoms with van der Waals surface area (Å²) in [5.41, 5.74) is 4.95. The van der Waals surface area contributed by atoms with Gasteiger partial charge < -0.3 is 5.73 Å². The van der Waals surface area contributed by atoms with Crippen molar-refractivity contribution in [1.82, 2.24) is 0 Å². The first-order valence-corrected chi connectivity index (χ1v) is 4.52. The van der Waals surface area contributed by atoms with Crippen LogP contribution in [0.5, 0.6) is 0 Å². The zero-order valence-electron chi connectivity index (χ0n) is 7.07. The van der Waals surface area contributed by atoms with Crippen LogP contribution in [0.15, 0.2) is 22.7 Å². The minimum Gasteiger partial charge on any atom is -0.324 e. The van der Waals surface area contributed by atoms with E-state index in [2.05, 4.69) is 15.9 Å². The highest BCUT2D eigenvalue weighted by atomic mass is 79.9. The van der Waals surface area contributed by atoms with Gasteiger partial charge in [-0.1, -0.05) is 15.9 Å². The normalized spacial score (nSPS) is 9.86. The molecule has 0 radical (unpaired) electrons. The minimum atomic E-state index is -0.602. The minimum absolute atomic E-state index is 0.0341. The van der Waals surface area contributed by atoms with Crippen LogP contribution >= 0.6 is 15.9 Å². The van der Waals surface area contributed by atoms with E-state index in [1.54, 1.807) is 0 Å². The number of nitrogens with zero attached hydrogens (tertiary/aromatic N) is 1. The molecule has 1 aromatic rings. The Bertz CT molecular complexity index is 392. The zero-order valence-corrected chi connectivity index (χ0v) is 8.65. The zero-order chi connectivity index (χ0) is 10.7. The summed E-state index contributed by atoms with van der Waals surface area (Å²) in [6, 6.07) is 4.17. The van der Waals surface area contributed by atoms with Crippen LogP contribution in [0.25, 0.3) is 0 Å². The van der Waals surface area contributed by atoms with Gasteiger partial charge in [-0.3, -0.25) is 14.9 Å². The smallest absolute Gasteiger partial charge is 0.280 e. The fraction of sp³-hybridized carbons (Fsp3) is 0.125. The number of nitro groups is 1. The van der Waals surface area contributed by atoms with Gasteiger partial charge in [-0.2, -0.15) is 0 Å². The van der Waals surface area contributed by atoms with Crippen LogP contribution in [0, 0.1) is 10.1 Å². The van der Waals surface area contributed by atoms with Crippen LogP contribution in [0.4, 0.5) is 5.69 Å². The third-order valence-corrected chi connectivity index (χ3v) is 2.13. The highest BCUT2D eigenvalue weighted by Gasteiger charge is 2.18. The van der Waals surface area contributed by atoms with Crippen LogP contribution in [-0.2, 0) is 0 Å². The highest BCUT2D eigenvalue weighted by Crippen LogP contribution is 2.23. The molecule has 1 rings (SSSR count). The number of Topliss-reactive ketones (excluding diaryl/α,β-unsaturated/α-hetero) is 1. The first-order chi connectivity index (χ1) is 6.56. The predicted octanol–water partition coefficient (Wildman–Crippen LogP) is 1.50. The quantitative estimate of drug-likeness (QED) is 0.506. The molecular formula is C8H7BrN2O3. The Hall–Kier alpha value is -1.27. The number of hydrogen-bond acceptors (Lipinski definition) is 4. The third kappa shape index (κ3) is 2.15. The van der Waals surface area contributed by atoms with Crippen LogP contribution < -0.4 is 5.73 Å². The summed E-state index contributed by atoms with van der Waals surface area (Å²) in [6.45, 7) is -0.239. The first-order valence-electron chi connectivity index (χ1n) is 3.73. The molecule has 14 heavy (non-hydrogen) atoms. The van der Waals surface area contributed by atoms with Gasteiger partial charge in [-0.25, -0.2) is 0 Å². The highest BCUT2D eigenvalue weighted by molar-refractivity contribution is 9.10. The maximum atomic E-state index is 11.2. The molecule has 0 heterocycles. The molecule has 0 aliphatic heterocycles. The second-order valence-corrected chi connectivity index (χ2v) is 3.46. The molecule has 0 unspecified atom stereocenters. The van der Waals surface area contributed by atoms with Crippen molar-refractivity contribution in [2.24, 2.45) is 5.73 Å². The Labute approximate surface area is 88.2 Å². The Morgan fingerprint density at radius 1 is 1.57 bits per heavy atom. The van der Waals surface area contributed by atoms with Gasteiger partial charge in [0.1, 0.15) is 0 Å². The molecule has 0 amide bonds. The average Bonchev–Trinajstić information content (AvgIpc) is 2.16. The summed E-state index contributed by atoms with van der Waals surface area (Å²) >= 11 is 3.13. The standard InChI is InChI=1S/C8H7BrN2O3/c9-5-1-2-7(11(13)14)6(3-5)8(12)4-10/h1-3H,4,10H2. The number of ketones is 1. The number of carbonyl (C=O) groups excluding carboxylic acids is 1. The topological polar surface area (TPSA) is 86.2 Å². The lowest BCUT2D eigenvalue weighted by Crippen LogP contribution is -2.15. The number of halogens is 1. The Morgan fingerprint density at radius 3 is 2.71 bits per heavy atom. The summed E-state index contributed by atoms with van der Waals surface area (Å²) in [5, 5.41) is 10.6. The van der Waals surface area contributed by atoms with Crippen molar-refractivity contribution in [3.63, 3.8) is 0 Å². The van der Waals surface area contributed by atoms with Gasteiger partial charge in [-0.15, -0.1) is 0 Å². The van der Waals surface area contributed by atoms with E-state index in [0.29, 0.717) is 4.47 Å². The number of nitrogens with two attached hydrogens (primary N) is 1. The van der Waals surface area contributed by atoms with E-state index in [1.807, 2.05) is 0 Å². The van der Waals surface area contributed by atoms with E-state index in [4.69, 9.17) is 5.73 Å². The van der Waals surface area contributed by atoms with Crippen LogP contribution in [0.2, 0.25) is 0 Å². The fourth-order valence-corrected chi connectivity index (χ4v) is 1.36. The van der Waals surface area contributed by atoms with Crippen molar-refractivity contribution < 1.29 is 9.72 Å². The number of rotatable bonds is 3. The van der Waals surface area contributed by atoms with Crippen LogP contribution in [0.3, 0.4) is 0 Å². The molecule has 0 fully saturated rings. The SMILES string of the molecule is NCC(=O)c1cc(Br)ccc1[N+](=O)[O-]. The van der Waals surface area contributed by atoms with E-state index >= 15 is 0 Å². The lowest BCUT2D eigenvalue weighted by Gasteiger charge is -2.00. The molecule has 0 aliphatic carbocycles. The van der Waals surface area contributed by atoms with Crippen molar-refractivity contribution in [3.8, 4) is 0 Å². The molecule has 0 aliphatic rings. The van der Waals surface area contributed by atoms with Crippen molar-refractivity contribution in [1.29, 1.82) is 0 Å². The van der Waals surface area contributed by atoms with Crippen LogP contribution in [-0.4, -0.2) is 17.3 Å². The molecule has 5 nitrogen and oxygen atoms in total. The number of nitro benzene ring substituents is 1. The van der Waals surface area contributed by atoms with Gasteiger partial charge >= 0.3 is 0 Å². The van der Waals surface area contributed by atoms with Gasteiger partial charge in [0.25, 0.3) is 5.69 Å². The molecule has 0 saturated carbocycles. The number of carbonyl (C=O) groups is 1. The Kier molecular flexibility index (Phi) is 3.32. The van der Waals surface area contributed by atoms with E-state index in [-0.39, 0.29) is 17.8 Å². The summed E-state index contributed by atoms with van der Waals surface area (Å²) in [7, 11) is 0. The van der Waals surface area contributed by atoms with E-state index in [1.165, 1.54) is 18.2 Å². The van der Waals surface area contributed by atoms with Crippen molar-refractivity contribution in [2.45, 2.75) is 0 Å². The van der Waals surface area contributed by atoms with Crippen molar-refractivity contribution >= 4 is 27.4 Å². The van der Waals surface area contributed by atoms with Gasteiger partial charge in [0, 0.05) is 10.5 Å². The molecule has 74 valence electrons. The summed E-state index contributed by atoms with van der Waals surface area (Å²) in [5.74, 6) is -0.446. The Balaban J connectivity index is 3.29. The lowest BCUT2D eigenvalue weighted by atomic mass is 10.1. The molecule has 6 heteroatoms. The van der Waals surface area contributed by atoms with Gasteiger partial charge in [0.05, 0.1) is 17.0 Å². The largest absolute Gasteiger partial charge is 0.324 e. The van der Waals surface area contributed by atoms with Gasteiger partial charge in [0.15, 0.2) is 5.78 Å². The molecule has 0 bridgehead atoms. The number of hydrogen-bond donors (Lipinski definition) is 1. The third-order valence-electron chi connectivity index (χ3n) is 1.64. The van der Waals surface area contributed by atoms with Crippen molar-refractivity contribution in [2.75, 3.05) is 6.54 Å². The maximum absolute atomic E-state index is 11.2. The monoisotopic (exact) mass is 258 g/mol. The lowest BCUT2D eigenvalue weighted by molar-refractivity contribution is -0.385. The summed E-state index contributed by atoms with van der Waals surface area (Å²) < 4.78 is 0.611. The molecule has 0 aromatic heterocycles. The molecule has 2 N–H and O–H groups in total. The van der Waals surface area contributed by atoms with E-state index in [0.717, 1.165) is 0 Å². The average molecular weight is 259 g/mol. The van der Waals surface area contributed by atoms with E-state index in [9.17, 15) is 14.9 Å².